The number of carbonyl (C=O) groups excluding carboxylic acids is 1. The molecule has 6 atom stereocenters. The maximum atomic E-state index is 13.2. The monoisotopic (exact) mass is 418 g/mol. The van der Waals surface area contributed by atoms with Gasteiger partial charge in [0.25, 0.3) is 0 Å². The SMILES string of the molecule is CC1CC2(C)CCCC(C(=O)OCC3COC4(OC3)C(C)CC3CCCC4C3)(C1)C2. The highest BCUT2D eigenvalue weighted by molar-refractivity contribution is 5.77. The van der Waals surface area contributed by atoms with E-state index < -0.39 is 0 Å². The lowest BCUT2D eigenvalue weighted by molar-refractivity contribution is -0.349. The molecule has 1 heterocycles. The van der Waals surface area contributed by atoms with Gasteiger partial charge in [0.2, 0.25) is 0 Å². The molecule has 0 radical (unpaired) electrons. The van der Waals surface area contributed by atoms with Gasteiger partial charge in [-0.2, -0.15) is 0 Å². The average molecular weight is 419 g/mol. The minimum Gasteiger partial charge on any atom is -0.465 e. The molecule has 4 aliphatic carbocycles. The number of hydrogen-bond acceptors (Lipinski definition) is 4. The van der Waals surface area contributed by atoms with Crippen LogP contribution in [0, 0.1) is 40.4 Å². The second kappa shape index (κ2) is 7.76. The largest absolute Gasteiger partial charge is 0.465 e. The van der Waals surface area contributed by atoms with E-state index in [2.05, 4.69) is 20.8 Å². The number of hydrogen-bond donors (Lipinski definition) is 0. The molecule has 5 aliphatic rings. The Kier molecular flexibility index (Phi) is 5.50. The van der Waals surface area contributed by atoms with Crippen molar-refractivity contribution in [2.45, 2.75) is 97.2 Å². The summed E-state index contributed by atoms with van der Waals surface area (Å²) in [4.78, 5) is 13.2. The molecule has 30 heavy (non-hydrogen) atoms. The lowest BCUT2D eigenvalue weighted by atomic mass is 9.53. The first-order chi connectivity index (χ1) is 14.3. The van der Waals surface area contributed by atoms with Crippen LogP contribution >= 0.6 is 0 Å². The van der Waals surface area contributed by atoms with Gasteiger partial charge in [0.15, 0.2) is 5.79 Å². The van der Waals surface area contributed by atoms with Crippen LogP contribution in [0.1, 0.15) is 91.4 Å². The summed E-state index contributed by atoms with van der Waals surface area (Å²) in [5.74, 6) is 2.35. The summed E-state index contributed by atoms with van der Waals surface area (Å²) in [5.41, 5.74) is 0.0879. The molecule has 0 N–H and O–H groups in total. The van der Waals surface area contributed by atoms with Gasteiger partial charge in [-0.1, -0.05) is 40.0 Å². The summed E-state index contributed by atoms with van der Waals surface area (Å²) in [5, 5.41) is 0. The van der Waals surface area contributed by atoms with Crippen molar-refractivity contribution in [2.24, 2.45) is 40.4 Å². The number of carbonyl (C=O) groups is 1. The highest BCUT2D eigenvalue weighted by Gasteiger charge is 2.55. The van der Waals surface area contributed by atoms with Gasteiger partial charge in [-0.15, -0.1) is 0 Å². The Labute approximate surface area is 182 Å². The number of ether oxygens (including phenoxy) is 3. The molecule has 0 aromatic rings. The first-order valence-corrected chi connectivity index (χ1v) is 12.8. The maximum absolute atomic E-state index is 13.2. The highest BCUT2D eigenvalue weighted by Crippen LogP contribution is 2.58. The Morgan fingerprint density at radius 1 is 1.03 bits per heavy atom. The lowest BCUT2D eigenvalue weighted by Gasteiger charge is -2.54. The summed E-state index contributed by atoms with van der Waals surface area (Å²) < 4.78 is 19.0. The zero-order valence-corrected chi connectivity index (χ0v) is 19.4. The van der Waals surface area contributed by atoms with E-state index in [-0.39, 0.29) is 23.1 Å². The Balaban J connectivity index is 1.17. The van der Waals surface area contributed by atoms with Crippen molar-refractivity contribution in [1.29, 1.82) is 0 Å². The summed E-state index contributed by atoms with van der Waals surface area (Å²) in [6.07, 6.45) is 13.1. The Bertz CT molecular complexity index is 651. The second-order valence-electron chi connectivity index (χ2n) is 12.3. The molecular weight excluding hydrogens is 376 g/mol. The van der Waals surface area contributed by atoms with Crippen LogP contribution in [0.5, 0.6) is 0 Å². The molecule has 170 valence electrons. The Morgan fingerprint density at radius 2 is 1.83 bits per heavy atom. The number of esters is 1. The van der Waals surface area contributed by atoms with Gasteiger partial charge < -0.3 is 14.2 Å². The molecule has 5 rings (SSSR count). The zero-order chi connectivity index (χ0) is 21.0. The molecule has 0 amide bonds. The molecule has 4 nitrogen and oxygen atoms in total. The first kappa shape index (κ1) is 21.2. The molecule has 1 aliphatic heterocycles. The van der Waals surface area contributed by atoms with E-state index in [1.54, 1.807) is 0 Å². The average Bonchev–Trinajstić information content (AvgIpc) is 2.70. The van der Waals surface area contributed by atoms with E-state index in [4.69, 9.17) is 14.2 Å². The van der Waals surface area contributed by atoms with E-state index in [0.29, 0.717) is 43.0 Å². The first-order valence-electron chi connectivity index (χ1n) is 12.8. The van der Waals surface area contributed by atoms with Crippen LogP contribution in [0.2, 0.25) is 0 Å². The van der Waals surface area contributed by atoms with Crippen molar-refractivity contribution >= 4 is 5.97 Å². The summed E-state index contributed by atoms with van der Waals surface area (Å²) in [6.45, 7) is 8.79. The van der Waals surface area contributed by atoms with Crippen LogP contribution in [-0.2, 0) is 19.0 Å². The maximum Gasteiger partial charge on any atom is 0.312 e. The lowest BCUT2D eigenvalue weighted by Crippen LogP contribution is -2.58. The molecule has 0 aromatic carbocycles. The van der Waals surface area contributed by atoms with Gasteiger partial charge in [0.05, 0.1) is 25.2 Å². The summed E-state index contributed by atoms with van der Waals surface area (Å²) in [6, 6.07) is 0. The van der Waals surface area contributed by atoms with Gasteiger partial charge in [-0.05, 0) is 68.6 Å². The molecular formula is C26H42O4. The van der Waals surface area contributed by atoms with Gasteiger partial charge in [0.1, 0.15) is 0 Å². The van der Waals surface area contributed by atoms with E-state index in [0.717, 1.165) is 31.6 Å². The topological polar surface area (TPSA) is 44.8 Å². The zero-order valence-electron chi connectivity index (χ0n) is 19.4. The molecule has 6 unspecified atom stereocenters. The molecule has 5 fully saturated rings. The fourth-order valence-electron chi connectivity index (χ4n) is 8.52. The van der Waals surface area contributed by atoms with Crippen LogP contribution in [-0.4, -0.2) is 31.6 Å². The van der Waals surface area contributed by atoms with Crippen molar-refractivity contribution in [3.05, 3.63) is 0 Å². The normalized spacial score (nSPS) is 50.8. The highest BCUT2D eigenvalue weighted by atomic mass is 16.7. The third-order valence-corrected chi connectivity index (χ3v) is 9.48. The van der Waals surface area contributed by atoms with Gasteiger partial charge in [0, 0.05) is 17.8 Å². The van der Waals surface area contributed by atoms with E-state index in [1.807, 2.05) is 0 Å². The van der Waals surface area contributed by atoms with Gasteiger partial charge >= 0.3 is 5.97 Å². The fraction of sp³-hybridized carbons (Fsp3) is 0.962. The van der Waals surface area contributed by atoms with E-state index >= 15 is 0 Å². The third kappa shape index (κ3) is 3.64. The van der Waals surface area contributed by atoms with Crippen LogP contribution < -0.4 is 0 Å². The van der Waals surface area contributed by atoms with Crippen LogP contribution in [0.3, 0.4) is 0 Å². The molecule has 1 spiro atoms. The van der Waals surface area contributed by atoms with Crippen molar-refractivity contribution in [1.82, 2.24) is 0 Å². The van der Waals surface area contributed by atoms with Gasteiger partial charge in [-0.25, -0.2) is 0 Å². The molecule has 4 saturated carbocycles. The van der Waals surface area contributed by atoms with Gasteiger partial charge in [-0.3, -0.25) is 4.79 Å². The second-order valence-corrected chi connectivity index (χ2v) is 12.3. The molecule has 4 bridgehead atoms. The summed E-state index contributed by atoms with van der Waals surface area (Å²) in [7, 11) is 0. The number of fused-ring (bicyclic) bond motifs is 5. The van der Waals surface area contributed by atoms with Crippen LogP contribution in [0.4, 0.5) is 0 Å². The predicted octanol–water partition coefficient (Wildman–Crippen LogP) is 5.73. The Morgan fingerprint density at radius 3 is 2.63 bits per heavy atom. The smallest absolute Gasteiger partial charge is 0.312 e. The molecule has 0 aromatic heterocycles. The molecule has 1 saturated heterocycles. The Hall–Kier alpha value is -0.610. The van der Waals surface area contributed by atoms with E-state index in [1.165, 1.54) is 44.9 Å². The quantitative estimate of drug-likeness (QED) is 0.549. The minimum atomic E-state index is -0.375. The van der Waals surface area contributed by atoms with Crippen molar-refractivity contribution < 1.29 is 19.0 Å². The van der Waals surface area contributed by atoms with E-state index in [9.17, 15) is 4.79 Å². The third-order valence-electron chi connectivity index (χ3n) is 9.48. The van der Waals surface area contributed by atoms with Crippen LogP contribution in [0.25, 0.3) is 0 Å². The fourth-order valence-corrected chi connectivity index (χ4v) is 8.52. The van der Waals surface area contributed by atoms with Crippen molar-refractivity contribution in [3.8, 4) is 0 Å². The molecule has 4 heteroatoms. The standard InChI is InChI=1S/C26H42O4/c1-18-12-24(3)8-5-9-25(13-18,17-24)23(27)28-14-21-15-29-26(30-16-21)19(2)10-20-6-4-7-22(26)11-20/h18-22H,4-17H2,1-3H3. The minimum absolute atomic E-state index is 0.0569. The van der Waals surface area contributed by atoms with Crippen LogP contribution in [0.15, 0.2) is 0 Å². The number of rotatable bonds is 3. The van der Waals surface area contributed by atoms with Crippen molar-refractivity contribution in [2.75, 3.05) is 19.8 Å². The van der Waals surface area contributed by atoms with Crippen molar-refractivity contribution in [3.63, 3.8) is 0 Å². The predicted molar refractivity (Wildman–Crippen MR) is 116 cm³/mol. The summed E-state index contributed by atoms with van der Waals surface area (Å²) >= 11 is 0.